The predicted octanol–water partition coefficient (Wildman–Crippen LogP) is 9.12. The van der Waals surface area contributed by atoms with E-state index >= 15 is 0 Å². The summed E-state index contributed by atoms with van der Waals surface area (Å²) in [5.41, 5.74) is -1.42. The summed E-state index contributed by atoms with van der Waals surface area (Å²) in [6.07, 6.45) is 1.79. The number of fused-ring (bicyclic) bond motifs is 2. The Bertz CT molecular complexity index is 1830. The third kappa shape index (κ3) is 5.75. The highest BCUT2D eigenvalue weighted by atomic mass is 32.3. The van der Waals surface area contributed by atoms with Gasteiger partial charge in [0.15, 0.2) is 5.78 Å². The van der Waals surface area contributed by atoms with Gasteiger partial charge in [0, 0.05) is 16.2 Å². The van der Waals surface area contributed by atoms with Crippen LogP contribution in [0.1, 0.15) is 49.7 Å². The number of benzene rings is 2. The van der Waals surface area contributed by atoms with Crippen LogP contribution in [-0.2, 0) is 18.5 Å². The van der Waals surface area contributed by atoms with E-state index in [0.717, 1.165) is 19.0 Å². The molecule has 12 heteroatoms. The van der Waals surface area contributed by atoms with Crippen LogP contribution < -0.4 is 9.47 Å². The molecule has 0 saturated heterocycles. The highest BCUT2D eigenvalue weighted by Gasteiger charge is 2.65. The monoisotopic (exact) mass is 716 g/mol. The van der Waals surface area contributed by atoms with Crippen LogP contribution in [-0.4, -0.2) is 40.0 Å². The average molecular weight is 717 g/mol. The van der Waals surface area contributed by atoms with Crippen LogP contribution >= 0.6 is 44.7 Å². The Labute approximate surface area is 284 Å². The topological polar surface area (TPSA) is 96.0 Å². The van der Waals surface area contributed by atoms with E-state index in [2.05, 4.69) is 0 Å². The van der Waals surface area contributed by atoms with Crippen molar-refractivity contribution in [1.82, 2.24) is 0 Å². The summed E-state index contributed by atoms with van der Waals surface area (Å²) in [5, 5.41) is 0. The molecule has 2 saturated carbocycles. The van der Waals surface area contributed by atoms with Gasteiger partial charge in [-0.3, -0.25) is 9.59 Å². The number of ketones is 2. The minimum Gasteiger partial charge on any atom is -0.497 e. The lowest BCUT2D eigenvalue weighted by Gasteiger charge is -2.41. The van der Waals surface area contributed by atoms with Gasteiger partial charge in [0.25, 0.3) is 10.1 Å². The molecule has 7 nitrogen and oxygen atoms in total. The van der Waals surface area contributed by atoms with Crippen molar-refractivity contribution in [3.63, 3.8) is 0 Å². The van der Waals surface area contributed by atoms with Crippen LogP contribution in [0, 0.1) is 16.7 Å². The van der Waals surface area contributed by atoms with Crippen molar-refractivity contribution in [1.29, 1.82) is 0 Å². The summed E-state index contributed by atoms with van der Waals surface area (Å²) in [6, 6.07) is 22.3. The molecule has 2 bridgehead atoms. The SMILES string of the molecule is COc1ccc(S(OS(=O)(=O)CC23CCC(CC2=O)C3(C)C)(c2ccc(OC)cc2)c2ccc(Sc3ccc(C(C)=O)s3)s2)cc1. The van der Waals surface area contributed by atoms with Crippen molar-refractivity contribution < 1.29 is 31.1 Å². The average Bonchev–Trinajstić information content (AvgIpc) is 3.79. The first-order valence-electron chi connectivity index (χ1n) is 14.8. The summed E-state index contributed by atoms with van der Waals surface area (Å²) < 4.78 is 49.2. The zero-order chi connectivity index (χ0) is 32.9. The fourth-order valence-corrected chi connectivity index (χ4v) is 17.3. The first kappa shape index (κ1) is 33.3. The van der Waals surface area contributed by atoms with Crippen molar-refractivity contribution >= 4 is 66.4 Å². The fourth-order valence-electron chi connectivity index (χ4n) is 6.78. The molecule has 46 heavy (non-hydrogen) atoms. The molecular formula is C34H36O7S5. The molecule has 2 fully saturated rings. The lowest BCUT2D eigenvalue weighted by molar-refractivity contribution is -0.128. The quantitative estimate of drug-likeness (QED) is 0.134. The first-order valence-corrected chi connectivity index (χ1v) is 20.4. The standard InChI is InChI=1S/C34H36O7S5/c1-22(35)28-14-15-30(42-28)43-31-16-17-32(44-31)46(26-10-6-24(39-4)7-11-26,27-12-8-25(40-5)9-13-27)41-45(37,38)21-34-19-18-23(20-29(34)36)33(34,2)3/h6-17,23H,18-21H2,1-5H3. The fraction of sp³-hybridized carbons (Fsp3) is 0.353. The molecule has 2 aliphatic carbocycles. The Morgan fingerprint density at radius 3 is 1.91 bits per heavy atom. The lowest BCUT2D eigenvalue weighted by atomic mass is 9.70. The molecule has 0 aliphatic heterocycles. The minimum atomic E-state index is -4.28. The Morgan fingerprint density at radius 2 is 1.43 bits per heavy atom. The van der Waals surface area contributed by atoms with E-state index in [4.69, 9.17) is 13.1 Å². The van der Waals surface area contributed by atoms with Crippen molar-refractivity contribution in [2.45, 2.75) is 62.5 Å². The van der Waals surface area contributed by atoms with E-state index in [1.54, 1.807) is 45.4 Å². The predicted molar refractivity (Wildman–Crippen MR) is 185 cm³/mol. The molecule has 0 amide bonds. The maximum absolute atomic E-state index is 14.5. The van der Waals surface area contributed by atoms with Gasteiger partial charge in [0.2, 0.25) is 0 Å². The summed E-state index contributed by atoms with van der Waals surface area (Å²) in [6.45, 7) is 5.61. The molecule has 244 valence electrons. The van der Waals surface area contributed by atoms with E-state index in [9.17, 15) is 18.0 Å². The Balaban J connectivity index is 1.49. The normalized spacial score (nSPS) is 21.0. The largest absolute Gasteiger partial charge is 0.497 e. The number of methoxy groups -OCH3 is 2. The van der Waals surface area contributed by atoms with Gasteiger partial charge < -0.3 is 9.47 Å². The van der Waals surface area contributed by atoms with Gasteiger partial charge in [-0.2, -0.15) is 8.42 Å². The zero-order valence-electron chi connectivity index (χ0n) is 26.2. The summed E-state index contributed by atoms with van der Waals surface area (Å²) in [7, 11) is -4.01. The number of hydrogen-bond acceptors (Lipinski definition) is 10. The van der Waals surface area contributed by atoms with Crippen molar-refractivity contribution in [3.8, 4) is 11.5 Å². The molecule has 2 unspecified atom stereocenters. The molecule has 2 aliphatic rings. The van der Waals surface area contributed by atoms with Crippen LogP contribution in [0.4, 0.5) is 0 Å². The maximum Gasteiger partial charge on any atom is 0.278 e. The molecule has 2 aromatic heterocycles. The summed E-state index contributed by atoms with van der Waals surface area (Å²) >= 11 is 4.42. The Morgan fingerprint density at radius 1 is 0.870 bits per heavy atom. The number of Topliss-reactive ketones (excluding diaryl/α,β-unsaturated/α-hetero) is 2. The third-order valence-electron chi connectivity index (χ3n) is 9.52. The van der Waals surface area contributed by atoms with E-state index in [1.807, 2.05) is 62.4 Å². The van der Waals surface area contributed by atoms with Gasteiger partial charge in [-0.05, 0) is 114 Å². The van der Waals surface area contributed by atoms with Crippen LogP contribution in [0.2, 0.25) is 0 Å². The second-order valence-corrected chi connectivity index (χ2v) is 20.7. The van der Waals surface area contributed by atoms with Gasteiger partial charge in [-0.15, -0.1) is 22.7 Å². The van der Waals surface area contributed by atoms with E-state index in [0.29, 0.717) is 39.0 Å². The smallest absolute Gasteiger partial charge is 0.278 e. The Hall–Kier alpha value is -2.61. The third-order valence-corrected chi connectivity index (χ3v) is 18.9. The molecule has 2 atom stereocenters. The van der Waals surface area contributed by atoms with Crippen LogP contribution in [0.5, 0.6) is 11.5 Å². The van der Waals surface area contributed by atoms with Crippen molar-refractivity contribution in [3.05, 3.63) is 77.7 Å². The molecule has 6 rings (SSSR count). The van der Waals surface area contributed by atoms with Crippen molar-refractivity contribution in [2.75, 3.05) is 20.0 Å². The number of ether oxygens (including phenoxy) is 2. The number of carbonyl (C=O) groups is 2. The molecule has 0 spiro atoms. The van der Waals surface area contributed by atoms with Crippen molar-refractivity contribution in [2.24, 2.45) is 16.7 Å². The molecule has 0 N–H and O–H groups in total. The van der Waals surface area contributed by atoms with Gasteiger partial charge in [0.1, 0.15) is 17.3 Å². The van der Waals surface area contributed by atoms with E-state index < -0.39 is 31.3 Å². The second kappa shape index (κ2) is 12.4. The van der Waals surface area contributed by atoms with Gasteiger partial charge in [0.05, 0.1) is 42.9 Å². The molecule has 2 aromatic carbocycles. The zero-order valence-corrected chi connectivity index (χ0v) is 30.3. The number of thiophene rings is 2. The van der Waals surface area contributed by atoms with Gasteiger partial charge >= 0.3 is 0 Å². The van der Waals surface area contributed by atoms with Gasteiger partial charge in [-0.1, -0.05) is 25.6 Å². The minimum absolute atomic E-state index is 0.0155. The maximum atomic E-state index is 14.5. The highest BCUT2D eigenvalue weighted by molar-refractivity contribution is 8.34. The Kier molecular flexibility index (Phi) is 9.01. The first-order chi connectivity index (χ1) is 21.8. The number of rotatable bonds is 12. The summed E-state index contributed by atoms with van der Waals surface area (Å²) in [5.74, 6) is 1.11. The van der Waals surface area contributed by atoms with E-state index in [1.165, 1.54) is 34.4 Å². The number of carbonyl (C=O) groups excluding carboxylic acids is 2. The molecule has 4 aromatic rings. The molecule has 0 radical (unpaired) electrons. The number of hydrogen-bond donors (Lipinski definition) is 0. The van der Waals surface area contributed by atoms with E-state index in [-0.39, 0.29) is 23.2 Å². The second-order valence-electron chi connectivity index (χ2n) is 12.2. The lowest BCUT2D eigenvalue weighted by Crippen LogP contribution is -2.42. The van der Waals surface area contributed by atoms with Gasteiger partial charge in [-0.25, -0.2) is 3.63 Å². The molecular weight excluding hydrogens is 681 g/mol. The summed E-state index contributed by atoms with van der Waals surface area (Å²) in [4.78, 5) is 27.4. The van der Waals surface area contributed by atoms with Crippen LogP contribution in [0.15, 0.2) is 95.2 Å². The molecule has 2 heterocycles. The van der Waals surface area contributed by atoms with Crippen LogP contribution in [0.25, 0.3) is 0 Å². The highest BCUT2D eigenvalue weighted by Crippen LogP contribution is 2.73. The van der Waals surface area contributed by atoms with Crippen LogP contribution in [0.3, 0.4) is 0 Å².